The molecule has 1 aliphatic rings. The van der Waals surface area contributed by atoms with Crippen LogP contribution in [0, 0.1) is 0 Å². The predicted octanol–water partition coefficient (Wildman–Crippen LogP) is 5.31. The maximum absolute atomic E-state index is 5.60. The topological polar surface area (TPSA) is 19.6 Å². The van der Waals surface area contributed by atoms with Crippen LogP contribution in [0.2, 0.25) is 0 Å². The number of benzene rings is 2. The van der Waals surface area contributed by atoms with Crippen molar-refractivity contribution >= 4 is 40.2 Å². The van der Waals surface area contributed by atoms with Crippen LogP contribution < -0.4 is 14.4 Å². The van der Waals surface area contributed by atoms with E-state index in [-0.39, 0.29) is 0 Å². The molecule has 0 atom stereocenters. The summed E-state index contributed by atoms with van der Waals surface area (Å²) in [6.07, 6.45) is 4.68. The van der Waals surface area contributed by atoms with E-state index >= 15 is 0 Å². The number of aromatic nitrogens is 1. The lowest BCUT2D eigenvalue weighted by atomic mass is 10.1. The van der Waals surface area contributed by atoms with Crippen LogP contribution in [0.25, 0.3) is 17.0 Å². The number of fused-ring (bicyclic) bond motifs is 2. The minimum absolute atomic E-state index is 0.682. The molecule has 6 nitrogen and oxygen atoms in total. The summed E-state index contributed by atoms with van der Waals surface area (Å²) in [4.78, 5) is 6.27. The minimum atomic E-state index is 0.682. The highest BCUT2D eigenvalue weighted by atomic mass is 32.2. The average Bonchev–Trinajstić information content (AvgIpc) is 3.20. The van der Waals surface area contributed by atoms with Crippen molar-refractivity contribution in [3.05, 3.63) is 65.2 Å². The molecule has 1 aromatic heterocycles. The minimum Gasteiger partial charge on any atom is -0.381 e. The molecule has 0 unspecified atom stereocenters. The Labute approximate surface area is 246 Å². The van der Waals surface area contributed by atoms with E-state index in [1.807, 2.05) is 11.8 Å². The molecule has 4 rings (SSSR count). The van der Waals surface area contributed by atoms with Crippen LogP contribution in [0.1, 0.15) is 18.4 Å². The lowest BCUT2D eigenvalue weighted by Crippen LogP contribution is -2.47. The first-order chi connectivity index (χ1) is 19.0. The van der Waals surface area contributed by atoms with E-state index in [0.29, 0.717) is 6.61 Å². The van der Waals surface area contributed by atoms with Crippen molar-refractivity contribution in [3.8, 4) is 0 Å². The Bertz CT molecular complexity index is 1300. The molecule has 0 N–H and O–H groups in total. The largest absolute Gasteiger partial charge is 0.381 e. The second kappa shape index (κ2) is 12.9. The van der Waals surface area contributed by atoms with Crippen LogP contribution in [-0.4, -0.2) is 98.2 Å². The molecule has 3 aromatic rings. The van der Waals surface area contributed by atoms with E-state index in [2.05, 4.69) is 124 Å². The number of para-hydroxylation sites is 2. The first-order valence-electron chi connectivity index (χ1n) is 14.5. The molecule has 2 heterocycles. The molecule has 40 heavy (non-hydrogen) atoms. The van der Waals surface area contributed by atoms with Gasteiger partial charge in [-0.15, -0.1) is 0 Å². The molecule has 0 spiro atoms. The van der Waals surface area contributed by atoms with Crippen LogP contribution >= 0.6 is 11.8 Å². The molecular formula is C33H50N5OS+3. The quantitative estimate of drug-likeness (QED) is 0.207. The van der Waals surface area contributed by atoms with Crippen LogP contribution in [0.4, 0.5) is 11.5 Å². The fraction of sp³-hybridized carbons (Fsp3) is 0.485. The van der Waals surface area contributed by atoms with Crippen molar-refractivity contribution in [2.24, 2.45) is 0 Å². The van der Waals surface area contributed by atoms with Gasteiger partial charge in [0.1, 0.15) is 12.1 Å². The Hall–Kier alpha value is -2.58. The Morgan fingerprint density at radius 2 is 1.52 bits per heavy atom. The predicted molar refractivity (Wildman–Crippen MR) is 172 cm³/mol. The maximum atomic E-state index is 5.60. The van der Waals surface area contributed by atoms with Crippen molar-refractivity contribution in [3.63, 3.8) is 0 Å². The van der Waals surface area contributed by atoms with E-state index in [1.165, 1.54) is 37.9 Å². The Balaban J connectivity index is 1.80. The second-order valence-corrected chi connectivity index (χ2v) is 14.0. The fourth-order valence-corrected chi connectivity index (χ4v) is 6.47. The summed E-state index contributed by atoms with van der Waals surface area (Å²) >= 11 is 1.86. The smallest absolute Gasteiger partial charge is 0.277 e. The molecule has 0 aliphatic carbocycles. The van der Waals surface area contributed by atoms with Gasteiger partial charge in [-0.25, -0.2) is 4.57 Å². The number of methoxy groups -OCH3 is 1. The van der Waals surface area contributed by atoms with Gasteiger partial charge < -0.3 is 18.6 Å². The Morgan fingerprint density at radius 3 is 2.15 bits per heavy atom. The molecule has 216 valence electrons. The van der Waals surface area contributed by atoms with Gasteiger partial charge in [-0.05, 0) is 29.8 Å². The van der Waals surface area contributed by atoms with Crippen molar-refractivity contribution in [1.29, 1.82) is 0 Å². The molecule has 2 aromatic carbocycles. The Morgan fingerprint density at radius 1 is 0.900 bits per heavy atom. The highest BCUT2D eigenvalue weighted by Crippen LogP contribution is 2.45. The van der Waals surface area contributed by atoms with Crippen molar-refractivity contribution in [2.45, 2.75) is 24.3 Å². The summed E-state index contributed by atoms with van der Waals surface area (Å²) in [6, 6.07) is 20.0. The number of ether oxygens (including phenoxy) is 1. The van der Waals surface area contributed by atoms with E-state index in [4.69, 9.17) is 4.74 Å². The third kappa shape index (κ3) is 7.78. The zero-order chi connectivity index (χ0) is 28.9. The molecule has 1 aliphatic heterocycles. The zero-order valence-corrected chi connectivity index (χ0v) is 26.8. The van der Waals surface area contributed by atoms with Crippen molar-refractivity contribution in [2.75, 3.05) is 99.0 Å². The Kier molecular flexibility index (Phi) is 9.83. The first kappa shape index (κ1) is 30.4. The van der Waals surface area contributed by atoms with Gasteiger partial charge >= 0.3 is 0 Å². The summed E-state index contributed by atoms with van der Waals surface area (Å²) in [6.45, 7) is 5.87. The SMILES string of the molecule is COCC[n+]1c(N(CCC[N+](C)(C)C)CCC[N+](C)(C)C)cc(C=C2Sc3ccccc3N2C)c2ccccc21. The van der Waals surface area contributed by atoms with Crippen molar-refractivity contribution in [1.82, 2.24) is 0 Å². The summed E-state index contributed by atoms with van der Waals surface area (Å²) in [5, 5.41) is 2.53. The van der Waals surface area contributed by atoms with Crippen LogP contribution in [-0.2, 0) is 11.3 Å². The van der Waals surface area contributed by atoms with E-state index in [1.54, 1.807) is 7.11 Å². The van der Waals surface area contributed by atoms with Crippen molar-refractivity contribution < 1.29 is 18.3 Å². The molecule has 0 saturated heterocycles. The molecule has 0 saturated carbocycles. The zero-order valence-electron chi connectivity index (χ0n) is 26.0. The second-order valence-electron chi connectivity index (χ2n) is 13.0. The molecule has 0 amide bonds. The molecular weight excluding hydrogens is 514 g/mol. The van der Waals surface area contributed by atoms with Gasteiger partial charge in [-0.2, -0.15) is 0 Å². The van der Waals surface area contributed by atoms with Gasteiger partial charge in [0, 0.05) is 43.3 Å². The average molecular weight is 565 g/mol. The van der Waals surface area contributed by atoms with Gasteiger partial charge in [-0.1, -0.05) is 42.1 Å². The van der Waals surface area contributed by atoms with Gasteiger partial charge in [-0.3, -0.25) is 4.90 Å². The van der Waals surface area contributed by atoms with Gasteiger partial charge in [0.2, 0.25) is 0 Å². The standard InChI is InChI=1S/C33H50N5OS/c1-34-30-17-11-12-18-31(30)40-33(34)26-27-25-32(36(21-24-39-8)29-16-10-9-15-28(27)29)35(19-13-22-37(2,3)4)20-14-23-38(5,6)7/h9-12,15-18,25-26H,13-14,19-24H2,1-8H3/q+3. The third-order valence-electron chi connectivity index (χ3n) is 7.47. The van der Waals surface area contributed by atoms with E-state index < -0.39 is 0 Å². The number of hydrogen-bond donors (Lipinski definition) is 0. The van der Waals surface area contributed by atoms with Crippen LogP contribution in [0.5, 0.6) is 0 Å². The first-order valence-corrected chi connectivity index (χ1v) is 15.3. The number of nitrogens with zero attached hydrogens (tertiary/aromatic N) is 5. The number of hydrogen-bond acceptors (Lipinski definition) is 4. The number of quaternary nitrogens is 2. The summed E-state index contributed by atoms with van der Waals surface area (Å²) in [5.74, 6) is 1.29. The summed E-state index contributed by atoms with van der Waals surface area (Å²) < 4.78 is 10.1. The van der Waals surface area contributed by atoms with Gasteiger partial charge in [0.25, 0.3) is 5.82 Å². The van der Waals surface area contributed by atoms with Crippen LogP contribution in [0.15, 0.2) is 64.5 Å². The van der Waals surface area contributed by atoms with Crippen LogP contribution in [0.3, 0.4) is 0 Å². The number of pyridine rings is 1. The monoisotopic (exact) mass is 564 g/mol. The molecule has 0 radical (unpaired) electrons. The van der Waals surface area contributed by atoms with E-state index in [0.717, 1.165) is 54.5 Å². The highest BCUT2D eigenvalue weighted by Gasteiger charge is 2.27. The number of thioether (sulfide) groups is 1. The maximum Gasteiger partial charge on any atom is 0.277 e. The third-order valence-corrected chi connectivity index (χ3v) is 8.64. The molecule has 0 fully saturated rings. The highest BCUT2D eigenvalue weighted by molar-refractivity contribution is 8.03. The number of rotatable bonds is 13. The molecule has 0 bridgehead atoms. The van der Waals surface area contributed by atoms with Gasteiger partial charge in [0.15, 0.2) is 0 Å². The normalized spacial score (nSPS) is 14.8. The summed E-state index contributed by atoms with van der Waals surface area (Å²) in [7, 11) is 17.7. The lowest BCUT2D eigenvalue weighted by Gasteiger charge is -2.27. The van der Waals surface area contributed by atoms with E-state index in [9.17, 15) is 0 Å². The number of anilines is 2. The lowest BCUT2D eigenvalue weighted by molar-refractivity contribution is -0.870. The molecule has 7 heteroatoms. The van der Waals surface area contributed by atoms with Gasteiger partial charge in [0.05, 0.1) is 85.8 Å². The fourth-order valence-electron chi connectivity index (χ4n) is 5.36. The summed E-state index contributed by atoms with van der Waals surface area (Å²) in [5.41, 5.74) is 3.80.